The molecule has 1 aromatic carbocycles. The van der Waals surface area contributed by atoms with Crippen LogP contribution in [-0.4, -0.2) is 29.8 Å². The van der Waals surface area contributed by atoms with E-state index in [1.165, 1.54) is 0 Å². The third-order valence-electron chi connectivity index (χ3n) is 3.33. The van der Waals surface area contributed by atoms with Gasteiger partial charge < -0.3 is 4.90 Å². The molecule has 3 N–H and O–H groups in total. The molecule has 0 bridgehead atoms. The van der Waals surface area contributed by atoms with Crippen molar-refractivity contribution in [2.24, 2.45) is 11.8 Å². The van der Waals surface area contributed by atoms with Crippen molar-refractivity contribution in [2.45, 2.75) is 12.8 Å². The predicted molar refractivity (Wildman–Crippen MR) is 75.1 cm³/mol. The molecule has 1 saturated heterocycles. The zero-order valence-electron chi connectivity index (χ0n) is 10.4. The molecule has 1 atom stereocenters. The molecule has 2 rings (SSSR count). The number of hydrogen-bond acceptors (Lipinski definition) is 3. The molecule has 0 aromatic heterocycles. The van der Waals surface area contributed by atoms with Gasteiger partial charge in [-0.05, 0) is 40.9 Å². The van der Waals surface area contributed by atoms with Crippen LogP contribution in [0.25, 0.3) is 0 Å². The molecule has 0 aliphatic carbocycles. The number of hydrazine groups is 1. The second-order valence-corrected chi connectivity index (χ2v) is 5.43. The molecule has 1 unspecified atom stereocenters. The molecule has 1 aliphatic rings. The van der Waals surface area contributed by atoms with E-state index in [1.54, 1.807) is 11.0 Å². The Kier molecular flexibility index (Phi) is 4.55. The van der Waals surface area contributed by atoms with Gasteiger partial charge in [-0.3, -0.25) is 15.0 Å². The first-order chi connectivity index (χ1) is 9.13. The number of hydrogen-bond donors (Lipinski definition) is 2. The normalized spacial score (nSPS) is 19.1. The number of carbonyl (C=O) groups is 2. The van der Waals surface area contributed by atoms with Gasteiger partial charge in [-0.15, -0.1) is 0 Å². The van der Waals surface area contributed by atoms with Crippen LogP contribution in [0.1, 0.15) is 23.2 Å². The molecule has 2 amide bonds. The molecule has 1 heterocycles. The van der Waals surface area contributed by atoms with Gasteiger partial charge in [0.15, 0.2) is 0 Å². The van der Waals surface area contributed by atoms with Gasteiger partial charge in [-0.25, -0.2) is 5.84 Å². The molecular formula is C13H16BrN3O2. The maximum atomic E-state index is 12.4. The van der Waals surface area contributed by atoms with E-state index in [0.717, 1.165) is 17.3 Å². The van der Waals surface area contributed by atoms with Gasteiger partial charge in [0.2, 0.25) is 5.91 Å². The van der Waals surface area contributed by atoms with Crippen molar-refractivity contribution in [2.75, 3.05) is 13.1 Å². The van der Waals surface area contributed by atoms with Crippen LogP contribution in [0.2, 0.25) is 0 Å². The molecule has 1 aromatic rings. The fourth-order valence-corrected chi connectivity index (χ4v) is 2.75. The van der Waals surface area contributed by atoms with Crippen molar-refractivity contribution < 1.29 is 9.59 Å². The summed E-state index contributed by atoms with van der Waals surface area (Å²) in [7, 11) is 0. The number of carbonyl (C=O) groups excluding carboxylic acids is 2. The highest BCUT2D eigenvalue weighted by atomic mass is 79.9. The Morgan fingerprint density at radius 3 is 2.79 bits per heavy atom. The zero-order valence-corrected chi connectivity index (χ0v) is 12.0. The molecule has 0 radical (unpaired) electrons. The SMILES string of the molecule is NNC(=O)C1CCCN(C(=O)c2ccccc2Br)C1. The van der Waals surface area contributed by atoms with Crippen LogP contribution in [0.4, 0.5) is 0 Å². The van der Waals surface area contributed by atoms with Crippen molar-refractivity contribution in [3.63, 3.8) is 0 Å². The number of nitrogens with zero attached hydrogens (tertiary/aromatic N) is 1. The highest BCUT2D eigenvalue weighted by Gasteiger charge is 2.29. The lowest BCUT2D eigenvalue weighted by Crippen LogP contribution is -2.47. The molecule has 0 spiro atoms. The number of piperidine rings is 1. The maximum Gasteiger partial charge on any atom is 0.255 e. The molecule has 1 aliphatic heterocycles. The Bertz CT molecular complexity index is 493. The first-order valence-electron chi connectivity index (χ1n) is 6.17. The minimum atomic E-state index is -0.217. The summed E-state index contributed by atoms with van der Waals surface area (Å²) in [5.41, 5.74) is 2.78. The quantitative estimate of drug-likeness (QED) is 0.489. The summed E-state index contributed by atoms with van der Waals surface area (Å²) in [5.74, 6) is 4.67. The van der Waals surface area contributed by atoms with E-state index in [-0.39, 0.29) is 17.7 Å². The first kappa shape index (κ1) is 14.0. The van der Waals surface area contributed by atoms with Crippen molar-refractivity contribution in [3.05, 3.63) is 34.3 Å². The van der Waals surface area contributed by atoms with Gasteiger partial charge in [-0.1, -0.05) is 12.1 Å². The topological polar surface area (TPSA) is 75.4 Å². The van der Waals surface area contributed by atoms with E-state index in [4.69, 9.17) is 5.84 Å². The Balaban J connectivity index is 2.11. The molecule has 5 nitrogen and oxygen atoms in total. The second kappa shape index (κ2) is 6.16. The minimum absolute atomic E-state index is 0.0537. The van der Waals surface area contributed by atoms with Crippen molar-refractivity contribution in [1.82, 2.24) is 10.3 Å². The van der Waals surface area contributed by atoms with E-state index in [2.05, 4.69) is 21.4 Å². The van der Waals surface area contributed by atoms with E-state index < -0.39 is 0 Å². The van der Waals surface area contributed by atoms with Gasteiger partial charge in [0.1, 0.15) is 0 Å². The number of amides is 2. The third kappa shape index (κ3) is 3.13. The Morgan fingerprint density at radius 2 is 2.11 bits per heavy atom. The molecule has 1 fully saturated rings. The number of nitrogens with two attached hydrogens (primary N) is 1. The largest absolute Gasteiger partial charge is 0.338 e. The van der Waals surface area contributed by atoms with Crippen LogP contribution in [0, 0.1) is 5.92 Å². The lowest BCUT2D eigenvalue weighted by atomic mass is 9.97. The number of halogens is 1. The second-order valence-electron chi connectivity index (χ2n) is 4.58. The summed E-state index contributed by atoms with van der Waals surface area (Å²) in [6.45, 7) is 1.09. The van der Waals surface area contributed by atoms with Crippen LogP contribution in [0.3, 0.4) is 0 Å². The van der Waals surface area contributed by atoms with Crippen LogP contribution >= 0.6 is 15.9 Å². The van der Waals surface area contributed by atoms with E-state index in [1.807, 2.05) is 18.2 Å². The van der Waals surface area contributed by atoms with Gasteiger partial charge in [0.25, 0.3) is 5.91 Å². The summed E-state index contributed by atoms with van der Waals surface area (Å²) < 4.78 is 0.769. The van der Waals surface area contributed by atoms with E-state index in [0.29, 0.717) is 18.7 Å². The third-order valence-corrected chi connectivity index (χ3v) is 4.02. The molecule has 102 valence electrons. The van der Waals surface area contributed by atoms with Crippen LogP contribution in [0.5, 0.6) is 0 Å². The number of benzene rings is 1. The van der Waals surface area contributed by atoms with Crippen molar-refractivity contribution in [3.8, 4) is 0 Å². The Morgan fingerprint density at radius 1 is 1.37 bits per heavy atom. The maximum absolute atomic E-state index is 12.4. The van der Waals surface area contributed by atoms with Gasteiger partial charge in [-0.2, -0.15) is 0 Å². The predicted octanol–water partition coefficient (Wildman–Crippen LogP) is 1.29. The van der Waals surface area contributed by atoms with Gasteiger partial charge in [0, 0.05) is 17.6 Å². The van der Waals surface area contributed by atoms with Crippen molar-refractivity contribution >= 4 is 27.7 Å². The monoisotopic (exact) mass is 325 g/mol. The lowest BCUT2D eigenvalue weighted by molar-refractivity contribution is -0.126. The number of likely N-dealkylation sites (tertiary alicyclic amines) is 1. The van der Waals surface area contributed by atoms with Crippen LogP contribution in [0.15, 0.2) is 28.7 Å². The first-order valence-corrected chi connectivity index (χ1v) is 6.97. The smallest absolute Gasteiger partial charge is 0.255 e. The lowest BCUT2D eigenvalue weighted by Gasteiger charge is -2.32. The fourth-order valence-electron chi connectivity index (χ4n) is 2.30. The molecular weight excluding hydrogens is 310 g/mol. The molecule has 19 heavy (non-hydrogen) atoms. The summed E-state index contributed by atoms with van der Waals surface area (Å²) in [6, 6.07) is 7.30. The fraction of sp³-hybridized carbons (Fsp3) is 0.385. The highest BCUT2D eigenvalue weighted by Crippen LogP contribution is 2.22. The Hall–Kier alpha value is -1.40. The zero-order chi connectivity index (χ0) is 13.8. The summed E-state index contributed by atoms with van der Waals surface area (Å²) in [5, 5.41) is 0. The average Bonchev–Trinajstić information content (AvgIpc) is 2.46. The van der Waals surface area contributed by atoms with Gasteiger partial charge in [0.05, 0.1) is 11.5 Å². The number of nitrogens with one attached hydrogen (secondary N) is 1. The molecule has 0 saturated carbocycles. The molecule has 6 heteroatoms. The Labute approximate surface area is 120 Å². The standard InChI is InChI=1S/C13H16BrN3O2/c14-11-6-2-1-5-10(11)13(19)17-7-3-4-9(8-17)12(18)16-15/h1-2,5-6,9H,3-4,7-8,15H2,(H,16,18). The number of rotatable bonds is 2. The van der Waals surface area contributed by atoms with Crippen LogP contribution in [-0.2, 0) is 4.79 Å². The minimum Gasteiger partial charge on any atom is -0.338 e. The van der Waals surface area contributed by atoms with E-state index >= 15 is 0 Å². The van der Waals surface area contributed by atoms with E-state index in [9.17, 15) is 9.59 Å². The summed E-state index contributed by atoms with van der Waals surface area (Å²) in [4.78, 5) is 25.7. The average molecular weight is 326 g/mol. The summed E-state index contributed by atoms with van der Waals surface area (Å²) in [6.07, 6.45) is 1.58. The highest BCUT2D eigenvalue weighted by molar-refractivity contribution is 9.10. The summed E-state index contributed by atoms with van der Waals surface area (Å²) >= 11 is 3.37. The van der Waals surface area contributed by atoms with Crippen molar-refractivity contribution in [1.29, 1.82) is 0 Å². The van der Waals surface area contributed by atoms with Crippen LogP contribution < -0.4 is 11.3 Å². The van der Waals surface area contributed by atoms with Gasteiger partial charge >= 0.3 is 0 Å².